The number of nitrogens with one attached hydrogen (secondary N) is 1. The summed E-state index contributed by atoms with van der Waals surface area (Å²) < 4.78 is 5.66. The number of fused-ring (bicyclic) bond motifs is 1. The number of carbonyl (C=O) groups excluding carboxylic acids is 1. The highest BCUT2D eigenvalue weighted by molar-refractivity contribution is 5.95. The second-order valence-corrected chi connectivity index (χ2v) is 5.22. The van der Waals surface area contributed by atoms with Crippen LogP contribution in [0, 0.1) is 0 Å². The van der Waals surface area contributed by atoms with Crippen LogP contribution in [0.3, 0.4) is 0 Å². The normalized spacial score (nSPS) is 23.5. The number of nitrogens with zero attached hydrogens (tertiary/aromatic N) is 1. The number of ether oxygens (including phenoxy) is 1. The molecule has 19 heavy (non-hydrogen) atoms. The van der Waals surface area contributed by atoms with Crippen molar-refractivity contribution in [2.24, 2.45) is 0 Å². The zero-order valence-corrected chi connectivity index (χ0v) is 11.1. The van der Waals surface area contributed by atoms with Gasteiger partial charge < -0.3 is 15.0 Å². The van der Waals surface area contributed by atoms with E-state index in [4.69, 9.17) is 4.74 Å². The number of piperidine rings is 1. The lowest BCUT2D eigenvalue weighted by Crippen LogP contribution is -2.45. The minimum atomic E-state index is 0.164. The predicted molar refractivity (Wildman–Crippen MR) is 74.5 cm³/mol. The Labute approximate surface area is 113 Å². The van der Waals surface area contributed by atoms with E-state index in [9.17, 15) is 4.79 Å². The van der Waals surface area contributed by atoms with Gasteiger partial charge in [-0.05, 0) is 31.5 Å². The van der Waals surface area contributed by atoms with Crippen molar-refractivity contribution in [3.8, 4) is 5.75 Å². The van der Waals surface area contributed by atoms with Crippen molar-refractivity contribution < 1.29 is 9.53 Å². The van der Waals surface area contributed by atoms with E-state index < -0.39 is 0 Å². The first-order chi connectivity index (χ1) is 9.34. The molecule has 1 aromatic rings. The van der Waals surface area contributed by atoms with Gasteiger partial charge in [0.2, 0.25) is 5.91 Å². The third-order valence-electron chi connectivity index (χ3n) is 3.85. The number of benzene rings is 1. The topological polar surface area (TPSA) is 41.6 Å². The molecule has 0 bridgehead atoms. The average Bonchev–Trinajstić information content (AvgIpc) is 2.61. The lowest BCUT2D eigenvalue weighted by molar-refractivity contribution is -0.118. The SMILES string of the molecule is O=C1CCOc2ccccc2N1CC1CCCCN1. The fraction of sp³-hybridized carbons (Fsp3) is 0.533. The van der Waals surface area contributed by atoms with Crippen molar-refractivity contribution in [1.82, 2.24) is 5.32 Å². The minimum absolute atomic E-state index is 0.164. The molecule has 4 heteroatoms. The molecule has 2 heterocycles. The van der Waals surface area contributed by atoms with Crippen molar-refractivity contribution >= 4 is 11.6 Å². The van der Waals surface area contributed by atoms with Gasteiger partial charge in [0.1, 0.15) is 5.75 Å². The van der Waals surface area contributed by atoms with E-state index in [1.54, 1.807) is 0 Å². The van der Waals surface area contributed by atoms with E-state index in [2.05, 4.69) is 5.32 Å². The van der Waals surface area contributed by atoms with Crippen molar-refractivity contribution in [3.63, 3.8) is 0 Å². The number of amides is 1. The first kappa shape index (κ1) is 12.5. The Balaban J connectivity index is 1.82. The van der Waals surface area contributed by atoms with E-state index in [1.165, 1.54) is 12.8 Å². The summed E-state index contributed by atoms with van der Waals surface area (Å²) in [6.45, 7) is 2.29. The Morgan fingerprint density at radius 1 is 1.32 bits per heavy atom. The lowest BCUT2D eigenvalue weighted by Gasteiger charge is -2.30. The van der Waals surface area contributed by atoms with Gasteiger partial charge in [0.15, 0.2) is 0 Å². The standard InChI is InChI=1S/C15H20N2O2/c18-15-8-10-19-14-7-2-1-6-13(14)17(15)11-12-5-3-4-9-16-12/h1-2,6-7,12,16H,3-5,8-11H2. The summed E-state index contributed by atoms with van der Waals surface area (Å²) in [4.78, 5) is 14.2. The Hall–Kier alpha value is -1.55. The Bertz CT molecular complexity index is 455. The molecule has 1 N–H and O–H groups in total. The van der Waals surface area contributed by atoms with Crippen molar-refractivity contribution in [2.75, 3.05) is 24.6 Å². The minimum Gasteiger partial charge on any atom is -0.491 e. The van der Waals surface area contributed by atoms with Crippen LogP contribution in [0.15, 0.2) is 24.3 Å². The zero-order chi connectivity index (χ0) is 13.1. The Morgan fingerprint density at radius 2 is 2.21 bits per heavy atom. The maximum absolute atomic E-state index is 12.3. The van der Waals surface area contributed by atoms with Crippen LogP contribution in [0.1, 0.15) is 25.7 Å². The molecule has 4 nitrogen and oxygen atoms in total. The van der Waals surface area contributed by atoms with Crippen LogP contribution in [-0.2, 0) is 4.79 Å². The van der Waals surface area contributed by atoms with E-state index in [0.29, 0.717) is 19.1 Å². The molecule has 1 saturated heterocycles. The van der Waals surface area contributed by atoms with E-state index in [1.807, 2.05) is 29.2 Å². The van der Waals surface area contributed by atoms with Crippen LogP contribution in [-0.4, -0.2) is 31.6 Å². The van der Waals surface area contributed by atoms with Gasteiger partial charge in [0, 0.05) is 12.6 Å². The highest BCUT2D eigenvalue weighted by Gasteiger charge is 2.26. The monoisotopic (exact) mass is 260 g/mol. The van der Waals surface area contributed by atoms with E-state index >= 15 is 0 Å². The predicted octanol–water partition coefficient (Wildman–Crippen LogP) is 1.94. The smallest absolute Gasteiger partial charge is 0.230 e. The maximum Gasteiger partial charge on any atom is 0.230 e. The number of rotatable bonds is 2. The summed E-state index contributed by atoms with van der Waals surface area (Å²) >= 11 is 0. The summed E-state index contributed by atoms with van der Waals surface area (Å²) in [6.07, 6.45) is 4.09. The number of anilines is 1. The van der Waals surface area contributed by atoms with Crippen molar-refractivity contribution in [3.05, 3.63) is 24.3 Å². The second-order valence-electron chi connectivity index (χ2n) is 5.22. The van der Waals surface area contributed by atoms with Gasteiger partial charge >= 0.3 is 0 Å². The second kappa shape index (κ2) is 5.61. The molecule has 0 aliphatic carbocycles. The van der Waals surface area contributed by atoms with Gasteiger partial charge in [-0.2, -0.15) is 0 Å². The Kier molecular flexibility index (Phi) is 3.69. The molecule has 3 rings (SSSR count). The summed E-state index contributed by atoms with van der Waals surface area (Å²) in [5.41, 5.74) is 0.914. The average molecular weight is 260 g/mol. The number of carbonyl (C=O) groups is 1. The number of hydrogen-bond acceptors (Lipinski definition) is 3. The lowest BCUT2D eigenvalue weighted by atomic mass is 10.0. The molecule has 1 aromatic carbocycles. The third kappa shape index (κ3) is 2.73. The molecule has 1 unspecified atom stereocenters. The molecular weight excluding hydrogens is 240 g/mol. The molecule has 102 valence electrons. The summed E-state index contributed by atoms with van der Waals surface area (Å²) in [6, 6.07) is 8.23. The summed E-state index contributed by atoms with van der Waals surface area (Å²) in [5.74, 6) is 0.987. The first-order valence-electron chi connectivity index (χ1n) is 7.10. The molecule has 2 aliphatic heterocycles. The molecule has 0 radical (unpaired) electrons. The fourth-order valence-corrected chi connectivity index (χ4v) is 2.82. The van der Waals surface area contributed by atoms with Gasteiger partial charge in [0.25, 0.3) is 0 Å². The first-order valence-corrected chi connectivity index (χ1v) is 7.10. The molecule has 0 aromatic heterocycles. The molecule has 2 aliphatic rings. The highest BCUT2D eigenvalue weighted by Crippen LogP contribution is 2.31. The largest absolute Gasteiger partial charge is 0.491 e. The van der Waals surface area contributed by atoms with Gasteiger partial charge in [-0.25, -0.2) is 0 Å². The van der Waals surface area contributed by atoms with E-state index in [0.717, 1.165) is 30.9 Å². The summed E-state index contributed by atoms with van der Waals surface area (Å²) in [5, 5.41) is 3.50. The summed E-state index contributed by atoms with van der Waals surface area (Å²) in [7, 11) is 0. The number of para-hydroxylation sites is 2. The van der Waals surface area contributed by atoms with Gasteiger partial charge in [-0.3, -0.25) is 4.79 Å². The molecule has 1 atom stereocenters. The molecular formula is C15H20N2O2. The van der Waals surface area contributed by atoms with Gasteiger partial charge in [0.05, 0.1) is 18.7 Å². The highest BCUT2D eigenvalue weighted by atomic mass is 16.5. The van der Waals surface area contributed by atoms with Crippen molar-refractivity contribution in [1.29, 1.82) is 0 Å². The van der Waals surface area contributed by atoms with Crippen LogP contribution in [0.5, 0.6) is 5.75 Å². The fourth-order valence-electron chi connectivity index (χ4n) is 2.82. The third-order valence-corrected chi connectivity index (χ3v) is 3.85. The molecule has 1 amide bonds. The van der Waals surface area contributed by atoms with Crippen molar-refractivity contribution in [2.45, 2.75) is 31.7 Å². The van der Waals surface area contributed by atoms with Crippen LogP contribution in [0.4, 0.5) is 5.69 Å². The van der Waals surface area contributed by atoms with Crippen LogP contribution in [0.2, 0.25) is 0 Å². The van der Waals surface area contributed by atoms with Gasteiger partial charge in [-0.1, -0.05) is 18.6 Å². The molecule has 1 fully saturated rings. The van der Waals surface area contributed by atoms with Crippen LogP contribution >= 0.6 is 0 Å². The van der Waals surface area contributed by atoms with Crippen LogP contribution < -0.4 is 15.0 Å². The maximum atomic E-state index is 12.3. The number of hydrogen-bond donors (Lipinski definition) is 1. The molecule has 0 saturated carbocycles. The van der Waals surface area contributed by atoms with Gasteiger partial charge in [-0.15, -0.1) is 0 Å². The van der Waals surface area contributed by atoms with Crippen LogP contribution in [0.25, 0.3) is 0 Å². The quantitative estimate of drug-likeness (QED) is 0.883. The molecule has 0 spiro atoms. The Morgan fingerprint density at radius 3 is 3.05 bits per heavy atom. The zero-order valence-electron chi connectivity index (χ0n) is 11.1. The van der Waals surface area contributed by atoms with E-state index in [-0.39, 0.29) is 5.91 Å².